The van der Waals surface area contributed by atoms with Crippen molar-refractivity contribution in [2.45, 2.75) is 45.6 Å². The molecule has 0 aliphatic rings. The zero-order valence-corrected chi connectivity index (χ0v) is 15.2. The van der Waals surface area contributed by atoms with E-state index in [-0.39, 0.29) is 13.0 Å². The van der Waals surface area contributed by atoms with E-state index >= 15 is 0 Å². The summed E-state index contributed by atoms with van der Waals surface area (Å²) in [5, 5.41) is 0. The standard InChI is InChI=1S/C18H26O6/c1-7-23-17(20)13(11-16(19)24-18(2,3)4)12-8-9-14(21-5)15(10-12)22-6/h8-10,13H,7,11H2,1-6H3. The Morgan fingerprint density at radius 3 is 2.21 bits per heavy atom. The van der Waals surface area contributed by atoms with Gasteiger partial charge in [0.05, 0.1) is 33.2 Å². The number of benzene rings is 1. The molecule has 0 aromatic heterocycles. The van der Waals surface area contributed by atoms with Gasteiger partial charge in [0.15, 0.2) is 11.5 Å². The lowest BCUT2D eigenvalue weighted by molar-refractivity contribution is -0.159. The van der Waals surface area contributed by atoms with Crippen LogP contribution in [0.15, 0.2) is 18.2 Å². The van der Waals surface area contributed by atoms with Gasteiger partial charge in [-0.1, -0.05) is 6.07 Å². The van der Waals surface area contributed by atoms with Crippen LogP contribution < -0.4 is 9.47 Å². The van der Waals surface area contributed by atoms with Gasteiger partial charge in [-0.2, -0.15) is 0 Å². The van der Waals surface area contributed by atoms with E-state index in [1.165, 1.54) is 14.2 Å². The Morgan fingerprint density at radius 2 is 1.71 bits per heavy atom. The molecule has 24 heavy (non-hydrogen) atoms. The third-order valence-electron chi connectivity index (χ3n) is 3.17. The highest BCUT2D eigenvalue weighted by atomic mass is 16.6. The number of rotatable bonds is 7. The molecular formula is C18H26O6. The van der Waals surface area contributed by atoms with Crippen molar-refractivity contribution in [1.29, 1.82) is 0 Å². The first kappa shape index (κ1) is 19.8. The summed E-state index contributed by atoms with van der Waals surface area (Å²) in [6, 6.07) is 5.08. The van der Waals surface area contributed by atoms with Crippen molar-refractivity contribution in [2.75, 3.05) is 20.8 Å². The zero-order valence-electron chi connectivity index (χ0n) is 15.2. The summed E-state index contributed by atoms with van der Waals surface area (Å²) in [6.07, 6.45) is -0.106. The van der Waals surface area contributed by atoms with Gasteiger partial charge in [-0.05, 0) is 45.4 Å². The molecule has 0 fully saturated rings. The fraction of sp³-hybridized carbons (Fsp3) is 0.556. The van der Waals surface area contributed by atoms with Crippen molar-refractivity contribution in [3.05, 3.63) is 23.8 Å². The summed E-state index contributed by atoms with van der Waals surface area (Å²) in [5.41, 5.74) is -0.00887. The van der Waals surface area contributed by atoms with Crippen LogP contribution in [0.2, 0.25) is 0 Å². The van der Waals surface area contributed by atoms with Crippen molar-refractivity contribution in [3.63, 3.8) is 0 Å². The van der Waals surface area contributed by atoms with Crippen LogP contribution in [-0.4, -0.2) is 38.4 Å². The third-order valence-corrected chi connectivity index (χ3v) is 3.17. The fourth-order valence-corrected chi connectivity index (χ4v) is 2.20. The van der Waals surface area contributed by atoms with E-state index < -0.39 is 23.5 Å². The van der Waals surface area contributed by atoms with Crippen molar-refractivity contribution >= 4 is 11.9 Å². The summed E-state index contributed by atoms with van der Waals surface area (Å²) in [4.78, 5) is 24.4. The van der Waals surface area contributed by atoms with Crippen molar-refractivity contribution in [1.82, 2.24) is 0 Å². The first-order chi connectivity index (χ1) is 11.2. The molecule has 0 spiro atoms. The highest BCUT2D eigenvalue weighted by molar-refractivity contribution is 5.84. The van der Waals surface area contributed by atoms with Crippen LogP contribution in [0.4, 0.5) is 0 Å². The third kappa shape index (κ3) is 5.76. The van der Waals surface area contributed by atoms with E-state index in [4.69, 9.17) is 18.9 Å². The van der Waals surface area contributed by atoms with E-state index in [1.54, 1.807) is 45.9 Å². The highest BCUT2D eigenvalue weighted by Gasteiger charge is 2.28. The molecule has 1 atom stereocenters. The molecule has 0 amide bonds. The Morgan fingerprint density at radius 1 is 1.08 bits per heavy atom. The second-order valence-electron chi connectivity index (χ2n) is 6.21. The minimum Gasteiger partial charge on any atom is -0.493 e. The van der Waals surface area contributed by atoms with E-state index in [0.717, 1.165) is 0 Å². The van der Waals surface area contributed by atoms with Crippen LogP contribution in [0.3, 0.4) is 0 Å². The monoisotopic (exact) mass is 338 g/mol. The first-order valence-corrected chi connectivity index (χ1v) is 7.82. The molecular weight excluding hydrogens is 312 g/mol. The molecule has 1 aromatic carbocycles. The number of ether oxygens (including phenoxy) is 4. The van der Waals surface area contributed by atoms with Crippen LogP contribution in [0, 0.1) is 0 Å². The Kier molecular flexibility index (Phi) is 7.07. The van der Waals surface area contributed by atoms with Gasteiger partial charge in [-0.25, -0.2) is 0 Å². The van der Waals surface area contributed by atoms with Crippen molar-refractivity contribution < 1.29 is 28.5 Å². The molecule has 6 heteroatoms. The normalized spacial score (nSPS) is 12.2. The largest absolute Gasteiger partial charge is 0.493 e. The number of carbonyl (C=O) groups excluding carboxylic acids is 2. The Bertz CT molecular complexity index is 573. The van der Waals surface area contributed by atoms with Crippen molar-refractivity contribution in [2.24, 2.45) is 0 Å². The van der Waals surface area contributed by atoms with Gasteiger partial charge in [-0.15, -0.1) is 0 Å². The summed E-state index contributed by atoms with van der Waals surface area (Å²) in [6.45, 7) is 7.29. The summed E-state index contributed by atoms with van der Waals surface area (Å²) in [7, 11) is 3.04. The van der Waals surface area contributed by atoms with Gasteiger partial charge in [-0.3, -0.25) is 9.59 Å². The molecule has 1 unspecified atom stereocenters. The molecule has 0 bridgehead atoms. The number of hydrogen-bond donors (Lipinski definition) is 0. The second kappa shape index (κ2) is 8.57. The van der Waals surface area contributed by atoms with Gasteiger partial charge in [0.1, 0.15) is 5.60 Å². The van der Waals surface area contributed by atoms with Gasteiger partial charge in [0.25, 0.3) is 0 Å². The van der Waals surface area contributed by atoms with E-state index in [2.05, 4.69) is 0 Å². The van der Waals surface area contributed by atoms with Crippen LogP contribution in [0.1, 0.15) is 45.6 Å². The van der Waals surface area contributed by atoms with Crippen LogP contribution in [0.25, 0.3) is 0 Å². The van der Waals surface area contributed by atoms with Gasteiger partial charge >= 0.3 is 11.9 Å². The molecule has 6 nitrogen and oxygen atoms in total. The summed E-state index contributed by atoms with van der Waals surface area (Å²) >= 11 is 0. The molecule has 0 heterocycles. The van der Waals surface area contributed by atoms with E-state index in [0.29, 0.717) is 17.1 Å². The molecule has 0 aliphatic heterocycles. The molecule has 0 saturated carbocycles. The number of methoxy groups -OCH3 is 2. The Labute approximate surface area is 143 Å². The zero-order chi connectivity index (χ0) is 18.3. The molecule has 1 rings (SSSR count). The SMILES string of the molecule is CCOC(=O)C(CC(=O)OC(C)(C)C)c1ccc(OC)c(OC)c1. The Balaban J connectivity index is 3.10. The minimum atomic E-state index is -0.764. The Hall–Kier alpha value is -2.24. The lowest BCUT2D eigenvalue weighted by Crippen LogP contribution is -2.27. The number of hydrogen-bond acceptors (Lipinski definition) is 6. The quantitative estimate of drug-likeness (QED) is 0.712. The maximum absolute atomic E-state index is 12.3. The van der Waals surface area contributed by atoms with E-state index in [1.807, 2.05) is 0 Å². The fourth-order valence-electron chi connectivity index (χ4n) is 2.20. The van der Waals surface area contributed by atoms with Crippen LogP contribution in [0.5, 0.6) is 11.5 Å². The molecule has 0 aliphatic carbocycles. The average Bonchev–Trinajstić information content (AvgIpc) is 2.50. The predicted octanol–water partition coefficient (Wildman–Crippen LogP) is 3.08. The lowest BCUT2D eigenvalue weighted by Gasteiger charge is -2.22. The highest BCUT2D eigenvalue weighted by Crippen LogP contribution is 2.32. The van der Waals surface area contributed by atoms with Crippen LogP contribution in [-0.2, 0) is 19.1 Å². The van der Waals surface area contributed by atoms with Gasteiger partial charge in [0.2, 0.25) is 0 Å². The summed E-state index contributed by atoms with van der Waals surface area (Å²) < 4.78 is 20.9. The topological polar surface area (TPSA) is 71.1 Å². The van der Waals surface area contributed by atoms with E-state index in [9.17, 15) is 9.59 Å². The maximum atomic E-state index is 12.3. The number of esters is 2. The number of carbonyl (C=O) groups is 2. The lowest BCUT2D eigenvalue weighted by atomic mass is 9.95. The minimum absolute atomic E-state index is 0.106. The second-order valence-corrected chi connectivity index (χ2v) is 6.21. The molecule has 0 saturated heterocycles. The van der Waals surface area contributed by atoms with Gasteiger partial charge < -0.3 is 18.9 Å². The first-order valence-electron chi connectivity index (χ1n) is 7.82. The van der Waals surface area contributed by atoms with Crippen molar-refractivity contribution in [3.8, 4) is 11.5 Å². The average molecular weight is 338 g/mol. The predicted molar refractivity (Wildman–Crippen MR) is 89.4 cm³/mol. The smallest absolute Gasteiger partial charge is 0.314 e. The molecule has 0 radical (unpaired) electrons. The summed E-state index contributed by atoms with van der Waals surface area (Å²) in [5.74, 6) is -0.680. The molecule has 134 valence electrons. The molecule has 1 aromatic rings. The maximum Gasteiger partial charge on any atom is 0.314 e. The molecule has 0 N–H and O–H groups in total. The van der Waals surface area contributed by atoms with Crippen LogP contribution >= 0.6 is 0 Å². The van der Waals surface area contributed by atoms with Gasteiger partial charge in [0, 0.05) is 0 Å².